The fourth-order valence-electron chi connectivity index (χ4n) is 5.42. The Labute approximate surface area is 235 Å². The second kappa shape index (κ2) is 9.65. The fraction of sp³-hybridized carbons (Fsp3) is 0.226. The number of aliphatic imine (C=N–C) groups is 1. The average Bonchev–Trinajstić information content (AvgIpc) is 3.47. The van der Waals surface area contributed by atoms with Crippen LogP contribution in [0.3, 0.4) is 0 Å². The zero-order valence-corrected chi connectivity index (χ0v) is 22.9. The van der Waals surface area contributed by atoms with E-state index in [-0.39, 0.29) is 23.7 Å². The van der Waals surface area contributed by atoms with Crippen molar-refractivity contribution in [1.29, 1.82) is 0 Å². The number of aromatic nitrogens is 2. The van der Waals surface area contributed by atoms with E-state index in [0.29, 0.717) is 41.8 Å². The zero-order valence-electron chi connectivity index (χ0n) is 22.9. The van der Waals surface area contributed by atoms with Crippen LogP contribution in [0.5, 0.6) is 0 Å². The van der Waals surface area contributed by atoms with E-state index in [1.807, 2.05) is 56.0 Å². The van der Waals surface area contributed by atoms with E-state index in [9.17, 15) is 18.4 Å². The van der Waals surface area contributed by atoms with Crippen molar-refractivity contribution in [3.05, 3.63) is 95.2 Å². The number of halogens is 2. The minimum atomic E-state index is -0.684. The predicted molar refractivity (Wildman–Crippen MR) is 153 cm³/mol. The van der Waals surface area contributed by atoms with Gasteiger partial charge in [0.2, 0.25) is 11.9 Å². The Morgan fingerprint density at radius 3 is 2.41 bits per heavy atom. The van der Waals surface area contributed by atoms with Gasteiger partial charge in [-0.3, -0.25) is 19.4 Å². The molecular weight excluding hydrogens is 526 g/mol. The van der Waals surface area contributed by atoms with Gasteiger partial charge in [-0.1, -0.05) is 42.5 Å². The Balaban J connectivity index is 1.50. The van der Waals surface area contributed by atoms with Crippen molar-refractivity contribution in [2.45, 2.75) is 32.9 Å². The lowest BCUT2D eigenvalue weighted by molar-refractivity contribution is 0.0840. The molecular formula is C31H28F2N6O2. The van der Waals surface area contributed by atoms with Gasteiger partial charge in [0, 0.05) is 29.3 Å². The number of guanidine groups is 1. The third-order valence-corrected chi connectivity index (χ3v) is 7.36. The molecule has 3 heterocycles. The van der Waals surface area contributed by atoms with Crippen molar-refractivity contribution in [2.75, 3.05) is 18.0 Å². The minimum Gasteiger partial charge on any atom is -0.366 e. The summed E-state index contributed by atoms with van der Waals surface area (Å²) in [4.78, 5) is 38.5. The van der Waals surface area contributed by atoms with Crippen molar-refractivity contribution in [1.82, 2.24) is 14.5 Å². The number of carbonyl (C=O) groups is 2. The molecule has 2 amide bonds. The first-order valence-corrected chi connectivity index (χ1v) is 13.3. The highest BCUT2D eigenvalue weighted by atomic mass is 19.1. The van der Waals surface area contributed by atoms with Crippen LogP contribution in [0.2, 0.25) is 0 Å². The number of anilines is 1. The Kier molecular flexibility index (Phi) is 6.21. The molecule has 0 saturated heterocycles. The Morgan fingerprint density at radius 1 is 1.00 bits per heavy atom. The number of hydrogen-bond acceptors (Lipinski definition) is 5. The number of carbonyl (C=O) groups excluding carboxylic acids is 2. The summed E-state index contributed by atoms with van der Waals surface area (Å²) in [6.07, 6.45) is 0. The van der Waals surface area contributed by atoms with Gasteiger partial charge in [0.05, 0.1) is 18.6 Å². The second-order valence-corrected chi connectivity index (χ2v) is 10.8. The maximum atomic E-state index is 14.9. The lowest BCUT2D eigenvalue weighted by Gasteiger charge is -2.34. The third-order valence-electron chi connectivity index (χ3n) is 7.36. The van der Waals surface area contributed by atoms with E-state index in [2.05, 4.69) is 0 Å². The van der Waals surface area contributed by atoms with Crippen molar-refractivity contribution < 1.29 is 18.4 Å². The first-order valence-electron chi connectivity index (χ1n) is 13.3. The van der Waals surface area contributed by atoms with Crippen LogP contribution >= 0.6 is 0 Å². The van der Waals surface area contributed by atoms with Gasteiger partial charge in [0.25, 0.3) is 5.91 Å². The topological polar surface area (TPSA) is 96.8 Å². The van der Waals surface area contributed by atoms with Crippen LogP contribution in [0, 0.1) is 11.6 Å². The highest BCUT2D eigenvalue weighted by molar-refractivity contribution is 6.18. The molecule has 41 heavy (non-hydrogen) atoms. The molecule has 2 N–H and O–H groups in total. The van der Waals surface area contributed by atoms with Gasteiger partial charge in [0.1, 0.15) is 23.3 Å². The van der Waals surface area contributed by atoms with Gasteiger partial charge < -0.3 is 10.3 Å². The molecule has 0 saturated carbocycles. The standard InChI is InChI=1S/C31H28F2N6O2/c1-4-37-29(41)25-28(39-17-31(2,3)36-30(37)39)38(16-22-12-13-23(32)15-24(22)33)27(35-25)19-10-8-18(9-11-19)20-6-5-7-21(14-20)26(34)40/h5-15H,4,16-17H2,1-3H3,(H2,34,40). The van der Waals surface area contributed by atoms with Crippen LogP contribution in [-0.2, 0) is 6.54 Å². The number of benzene rings is 3. The van der Waals surface area contributed by atoms with E-state index in [4.69, 9.17) is 15.7 Å². The van der Waals surface area contributed by atoms with Crippen molar-refractivity contribution in [3.8, 4) is 22.5 Å². The van der Waals surface area contributed by atoms with Crippen LogP contribution in [0.4, 0.5) is 14.6 Å². The molecule has 1 aromatic heterocycles. The van der Waals surface area contributed by atoms with E-state index in [1.165, 1.54) is 12.1 Å². The van der Waals surface area contributed by atoms with Crippen LogP contribution in [0.25, 0.3) is 22.5 Å². The van der Waals surface area contributed by atoms with Crippen LogP contribution < -0.4 is 10.6 Å². The van der Waals surface area contributed by atoms with Gasteiger partial charge in [-0.15, -0.1) is 0 Å². The summed E-state index contributed by atoms with van der Waals surface area (Å²) >= 11 is 0. The summed E-state index contributed by atoms with van der Waals surface area (Å²) < 4.78 is 30.4. The van der Waals surface area contributed by atoms with E-state index >= 15 is 0 Å². The number of nitrogens with two attached hydrogens (primary N) is 1. The smallest absolute Gasteiger partial charge is 0.283 e. The van der Waals surface area contributed by atoms with E-state index in [1.54, 1.807) is 27.7 Å². The zero-order chi connectivity index (χ0) is 29.1. The van der Waals surface area contributed by atoms with Crippen molar-refractivity contribution in [2.24, 2.45) is 10.7 Å². The summed E-state index contributed by atoms with van der Waals surface area (Å²) in [5.74, 6) is -0.618. The lowest BCUT2D eigenvalue weighted by atomic mass is 10.0. The molecule has 8 nitrogen and oxygen atoms in total. The quantitative estimate of drug-likeness (QED) is 0.360. The van der Waals surface area contributed by atoms with Gasteiger partial charge in [-0.2, -0.15) is 0 Å². The first-order chi connectivity index (χ1) is 19.6. The summed E-state index contributed by atoms with van der Waals surface area (Å²) in [5, 5.41) is 0. The van der Waals surface area contributed by atoms with Crippen molar-refractivity contribution in [3.63, 3.8) is 0 Å². The normalized spacial score (nSPS) is 15.5. The molecule has 4 aromatic rings. The molecule has 0 unspecified atom stereocenters. The summed E-state index contributed by atoms with van der Waals surface area (Å²) in [6, 6.07) is 18.0. The number of primary amides is 1. The SMILES string of the molecule is CCN1C(=O)c2nc(-c3ccc(-c4cccc(C(N)=O)c4)cc3)n(Cc3ccc(F)cc3F)c2N2CC(C)(C)N=C12. The average molecular weight is 555 g/mol. The molecule has 0 spiro atoms. The molecule has 0 atom stereocenters. The molecule has 6 rings (SSSR count). The molecule has 0 radical (unpaired) electrons. The molecule has 10 heteroatoms. The minimum absolute atomic E-state index is 0.0236. The van der Waals surface area contributed by atoms with Crippen LogP contribution in [0.1, 0.15) is 47.2 Å². The largest absolute Gasteiger partial charge is 0.366 e. The molecule has 0 bridgehead atoms. The molecule has 2 aliphatic rings. The van der Waals surface area contributed by atoms with Gasteiger partial charge in [-0.25, -0.2) is 18.8 Å². The maximum Gasteiger partial charge on any atom is 0.283 e. The van der Waals surface area contributed by atoms with Crippen LogP contribution in [0.15, 0.2) is 71.7 Å². The number of hydrogen-bond donors (Lipinski definition) is 1. The number of imidazole rings is 1. The first kappa shape index (κ1) is 26.4. The Hall–Kier alpha value is -4.86. The molecule has 0 aliphatic carbocycles. The lowest BCUT2D eigenvalue weighted by Crippen LogP contribution is -2.51. The van der Waals surface area contributed by atoms with Gasteiger partial charge in [-0.05, 0) is 50.1 Å². The number of amides is 2. The second-order valence-electron chi connectivity index (χ2n) is 10.8. The highest BCUT2D eigenvalue weighted by Crippen LogP contribution is 2.39. The number of rotatable bonds is 6. The summed E-state index contributed by atoms with van der Waals surface area (Å²) in [7, 11) is 0. The highest BCUT2D eigenvalue weighted by Gasteiger charge is 2.45. The Morgan fingerprint density at radius 2 is 1.73 bits per heavy atom. The molecule has 0 fully saturated rings. The third kappa shape index (κ3) is 4.55. The van der Waals surface area contributed by atoms with Gasteiger partial charge in [0.15, 0.2) is 5.69 Å². The maximum absolute atomic E-state index is 14.9. The molecule has 208 valence electrons. The van der Waals surface area contributed by atoms with E-state index < -0.39 is 23.1 Å². The molecule has 3 aromatic carbocycles. The summed E-state index contributed by atoms with van der Waals surface area (Å²) in [6.45, 7) is 6.80. The monoisotopic (exact) mass is 554 g/mol. The van der Waals surface area contributed by atoms with Crippen LogP contribution in [-0.4, -0.2) is 50.9 Å². The number of fused-ring (bicyclic) bond motifs is 3. The van der Waals surface area contributed by atoms with E-state index in [0.717, 1.165) is 17.2 Å². The van der Waals surface area contributed by atoms with Gasteiger partial charge >= 0.3 is 0 Å². The number of nitrogens with zero attached hydrogens (tertiary/aromatic N) is 5. The fourth-order valence-corrected chi connectivity index (χ4v) is 5.42. The summed E-state index contributed by atoms with van der Waals surface area (Å²) in [5.41, 5.74) is 8.28. The molecule has 2 aliphatic heterocycles. The van der Waals surface area contributed by atoms with Crippen molar-refractivity contribution >= 4 is 23.6 Å². The Bertz CT molecular complexity index is 1740. The predicted octanol–water partition coefficient (Wildman–Crippen LogP) is 5.07.